The van der Waals surface area contributed by atoms with Gasteiger partial charge >= 0.3 is 0 Å². The molecular formula is C26H46N2. The van der Waals surface area contributed by atoms with Crippen molar-refractivity contribution in [2.24, 2.45) is 14.1 Å². The molecule has 2 rings (SSSR count). The van der Waals surface area contributed by atoms with Crippen LogP contribution in [0.3, 0.4) is 0 Å². The third kappa shape index (κ3) is 4.58. The van der Waals surface area contributed by atoms with Gasteiger partial charge in [0.2, 0.25) is 0 Å². The average molecular weight is 387 g/mol. The molecule has 28 heavy (non-hydrogen) atoms. The fourth-order valence-corrected chi connectivity index (χ4v) is 5.35. The minimum absolute atomic E-state index is 0.617. The van der Waals surface area contributed by atoms with Crippen LogP contribution in [0.2, 0.25) is 0 Å². The highest BCUT2D eigenvalue weighted by Crippen LogP contribution is 2.32. The maximum atomic E-state index is 2.39. The summed E-state index contributed by atoms with van der Waals surface area (Å²) in [6.07, 6.45) is 0. The van der Waals surface area contributed by atoms with Crippen LogP contribution in [0.5, 0.6) is 0 Å². The summed E-state index contributed by atoms with van der Waals surface area (Å²) < 4.78 is 4.75. The van der Waals surface area contributed by atoms with Gasteiger partial charge in [-0.15, -0.1) is 0 Å². The van der Waals surface area contributed by atoms with E-state index in [1.807, 2.05) is 0 Å². The van der Waals surface area contributed by atoms with Crippen LogP contribution in [0, 0.1) is 27.7 Å². The molecule has 2 heteroatoms. The average Bonchev–Trinajstić information content (AvgIpc) is 2.90. The van der Waals surface area contributed by atoms with E-state index in [1.54, 1.807) is 0 Å². The van der Waals surface area contributed by atoms with E-state index < -0.39 is 0 Å². The summed E-state index contributed by atoms with van der Waals surface area (Å²) >= 11 is 0. The molecule has 0 N–H and O–H groups in total. The van der Waals surface area contributed by atoms with Crippen LogP contribution < -0.4 is 0 Å². The van der Waals surface area contributed by atoms with Crippen LogP contribution in [0.1, 0.15) is 124 Å². The predicted molar refractivity (Wildman–Crippen MR) is 126 cm³/mol. The van der Waals surface area contributed by atoms with Crippen LogP contribution in [0.25, 0.3) is 0 Å². The quantitative estimate of drug-likeness (QED) is 0.507. The van der Waals surface area contributed by atoms with Gasteiger partial charge in [-0.2, -0.15) is 0 Å². The van der Waals surface area contributed by atoms with Gasteiger partial charge in [-0.3, -0.25) is 0 Å². The zero-order valence-electron chi connectivity index (χ0n) is 21.2. The Hall–Kier alpha value is -1.44. The van der Waals surface area contributed by atoms with E-state index >= 15 is 0 Å². The molecular weight excluding hydrogens is 340 g/mol. The van der Waals surface area contributed by atoms with Crippen LogP contribution in [0.15, 0.2) is 0 Å². The lowest BCUT2D eigenvalue weighted by Gasteiger charge is -2.13. The van der Waals surface area contributed by atoms with Crippen molar-refractivity contribution >= 4 is 0 Å². The summed E-state index contributed by atoms with van der Waals surface area (Å²) in [4.78, 5) is 0. The summed E-state index contributed by atoms with van der Waals surface area (Å²) in [6.45, 7) is 27.2. The van der Waals surface area contributed by atoms with Gasteiger partial charge < -0.3 is 9.13 Å². The van der Waals surface area contributed by atoms with Crippen molar-refractivity contribution < 1.29 is 0 Å². The smallest absolute Gasteiger partial charge is 0.0232 e. The Labute approximate surface area is 175 Å². The first-order valence-corrected chi connectivity index (χ1v) is 11.1. The monoisotopic (exact) mass is 386 g/mol. The van der Waals surface area contributed by atoms with Crippen molar-refractivity contribution in [3.05, 3.63) is 45.0 Å². The highest BCUT2D eigenvalue weighted by atomic mass is 15.0. The first kappa shape index (κ1) is 24.6. The molecule has 2 aromatic rings. The van der Waals surface area contributed by atoms with Gasteiger partial charge in [-0.25, -0.2) is 0 Å². The molecule has 0 aliphatic heterocycles. The Kier molecular flexibility index (Phi) is 8.23. The first-order chi connectivity index (χ1) is 12.7. The van der Waals surface area contributed by atoms with E-state index in [0.717, 1.165) is 0 Å². The van der Waals surface area contributed by atoms with Gasteiger partial charge in [0.15, 0.2) is 0 Å². The fraction of sp³-hybridized carbons (Fsp3) is 0.692. The van der Waals surface area contributed by atoms with Gasteiger partial charge in [-0.05, 0) is 73.6 Å². The Morgan fingerprint density at radius 2 is 0.786 bits per heavy atom. The molecule has 0 bridgehead atoms. The second-order valence-corrected chi connectivity index (χ2v) is 9.77. The number of hydrogen-bond acceptors (Lipinski definition) is 0. The molecule has 0 aliphatic carbocycles. The van der Waals surface area contributed by atoms with Gasteiger partial charge in [0.25, 0.3) is 0 Å². The predicted octanol–water partition coefficient (Wildman–Crippen LogP) is 7.78. The molecule has 2 heterocycles. The standard InChI is InChI=1S/2C13H23N/c1-8(2)12-10(5)13(9(3)4)14(7)11(12)6;1-8(2)12-10(5)11(6)13(9(3)4)14(12)7/h2*8-9H,1-7H3. The minimum atomic E-state index is 0.617. The highest BCUT2D eigenvalue weighted by molar-refractivity contribution is 5.41. The van der Waals surface area contributed by atoms with Crippen LogP contribution in [0.4, 0.5) is 0 Å². The van der Waals surface area contributed by atoms with Crippen LogP contribution in [-0.2, 0) is 14.1 Å². The molecule has 0 radical (unpaired) electrons. The molecule has 0 spiro atoms. The van der Waals surface area contributed by atoms with Gasteiger partial charge in [-0.1, -0.05) is 55.4 Å². The zero-order chi connectivity index (χ0) is 22.1. The maximum absolute atomic E-state index is 2.39. The van der Waals surface area contributed by atoms with Crippen molar-refractivity contribution in [3.63, 3.8) is 0 Å². The molecule has 0 unspecified atom stereocenters. The second-order valence-electron chi connectivity index (χ2n) is 9.77. The van der Waals surface area contributed by atoms with Crippen molar-refractivity contribution in [2.45, 2.75) is 107 Å². The van der Waals surface area contributed by atoms with Crippen molar-refractivity contribution in [1.82, 2.24) is 9.13 Å². The van der Waals surface area contributed by atoms with E-state index in [9.17, 15) is 0 Å². The number of aromatic nitrogens is 2. The first-order valence-electron chi connectivity index (χ1n) is 11.1. The zero-order valence-corrected chi connectivity index (χ0v) is 21.2. The summed E-state index contributed by atoms with van der Waals surface area (Å²) in [5.74, 6) is 2.48. The lowest BCUT2D eigenvalue weighted by atomic mass is 9.96. The maximum Gasteiger partial charge on any atom is 0.0232 e. The number of nitrogens with zero attached hydrogens (tertiary/aromatic N) is 2. The number of hydrogen-bond donors (Lipinski definition) is 0. The Bertz CT molecular complexity index is 664. The van der Waals surface area contributed by atoms with E-state index in [0.29, 0.717) is 23.7 Å². The molecule has 0 fully saturated rings. The molecule has 2 aromatic heterocycles. The van der Waals surface area contributed by atoms with E-state index in [2.05, 4.69) is 106 Å². The molecule has 0 aromatic carbocycles. The molecule has 0 atom stereocenters. The normalized spacial score (nSPS) is 11.8. The van der Waals surface area contributed by atoms with E-state index in [1.165, 1.54) is 45.0 Å². The summed E-state index contributed by atoms with van der Waals surface area (Å²) in [6, 6.07) is 0. The second kappa shape index (κ2) is 9.37. The third-order valence-corrected chi connectivity index (χ3v) is 6.31. The molecule has 2 nitrogen and oxygen atoms in total. The van der Waals surface area contributed by atoms with Crippen molar-refractivity contribution in [2.75, 3.05) is 0 Å². The van der Waals surface area contributed by atoms with Crippen LogP contribution in [-0.4, -0.2) is 9.13 Å². The summed E-state index contributed by atoms with van der Waals surface area (Å²) in [7, 11) is 4.38. The molecule has 0 amide bonds. The van der Waals surface area contributed by atoms with E-state index in [4.69, 9.17) is 0 Å². The van der Waals surface area contributed by atoms with Gasteiger partial charge in [0, 0.05) is 36.9 Å². The lowest BCUT2D eigenvalue weighted by molar-refractivity contribution is 0.674. The molecule has 0 saturated heterocycles. The Balaban J connectivity index is 0.000000280. The van der Waals surface area contributed by atoms with E-state index in [-0.39, 0.29) is 0 Å². The van der Waals surface area contributed by atoms with Crippen LogP contribution >= 0.6 is 0 Å². The van der Waals surface area contributed by atoms with Crippen molar-refractivity contribution in [1.29, 1.82) is 0 Å². The third-order valence-electron chi connectivity index (χ3n) is 6.31. The lowest BCUT2D eigenvalue weighted by Crippen LogP contribution is -2.04. The Morgan fingerprint density at radius 1 is 0.464 bits per heavy atom. The molecule has 0 saturated carbocycles. The topological polar surface area (TPSA) is 9.86 Å². The molecule has 160 valence electrons. The Morgan fingerprint density at radius 3 is 0.964 bits per heavy atom. The highest BCUT2D eigenvalue weighted by Gasteiger charge is 2.19. The largest absolute Gasteiger partial charge is 0.351 e. The minimum Gasteiger partial charge on any atom is -0.351 e. The van der Waals surface area contributed by atoms with Crippen molar-refractivity contribution in [3.8, 4) is 0 Å². The summed E-state index contributed by atoms with van der Waals surface area (Å²) in [5, 5.41) is 0. The molecule has 0 aliphatic rings. The van der Waals surface area contributed by atoms with Gasteiger partial charge in [0.05, 0.1) is 0 Å². The number of rotatable bonds is 4. The fourth-order valence-electron chi connectivity index (χ4n) is 5.35. The summed E-state index contributed by atoms with van der Waals surface area (Å²) in [5.41, 5.74) is 11.9. The SMILES string of the molecule is Cc1c(C(C)C)c(C)n(C)c1C(C)C.Cc1c(C)c(C(C)C)n(C)c1C(C)C. The van der Waals surface area contributed by atoms with Gasteiger partial charge in [0.1, 0.15) is 0 Å².